The van der Waals surface area contributed by atoms with Gasteiger partial charge in [0, 0.05) is 21.6 Å². The van der Waals surface area contributed by atoms with Crippen molar-refractivity contribution >= 4 is 15.9 Å². The molecule has 3 heteroatoms. The normalized spacial score (nSPS) is 15.7. The summed E-state index contributed by atoms with van der Waals surface area (Å²) >= 11 is 3.53. The van der Waals surface area contributed by atoms with Gasteiger partial charge in [0.1, 0.15) is 6.33 Å². The van der Waals surface area contributed by atoms with Crippen LogP contribution in [0.15, 0.2) is 35.2 Å². The van der Waals surface area contributed by atoms with Gasteiger partial charge in [-0.1, -0.05) is 35.8 Å². The van der Waals surface area contributed by atoms with E-state index in [1.807, 2.05) is 6.20 Å². The zero-order chi connectivity index (χ0) is 11.3. The summed E-state index contributed by atoms with van der Waals surface area (Å²) in [5, 5.41) is 0. The predicted molar refractivity (Wildman–Crippen MR) is 67.3 cm³/mol. The Balaban J connectivity index is 2.39. The van der Waals surface area contributed by atoms with Gasteiger partial charge in [0.15, 0.2) is 0 Å². The Morgan fingerprint density at radius 1 is 1.19 bits per heavy atom. The third kappa shape index (κ3) is 1.18. The molecule has 0 unspecified atom stereocenters. The van der Waals surface area contributed by atoms with Crippen molar-refractivity contribution in [1.82, 2.24) is 9.97 Å². The van der Waals surface area contributed by atoms with Gasteiger partial charge in [-0.2, -0.15) is 0 Å². The SMILES string of the molecule is CC1(C)c2cc(Br)ccc2-c2cncnc21. The fourth-order valence-corrected chi connectivity index (χ4v) is 2.78. The van der Waals surface area contributed by atoms with E-state index in [4.69, 9.17) is 0 Å². The lowest BCUT2D eigenvalue weighted by Gasteiger charge is -2.19. The summed E-state index contributed by atoms with van der Waals surface area (Å²) in [5.41, 5.74) is 4.82. The standard InChI is InChI=1S/C13H11BrN2/c1-13(2)11-5-8(14)3-4-9(11)10-6-15-7-16-12(10)13/h3-7H,1-2H3. The molecule has 0 saturated carbocycles. The van der Waals surface area contributed by atoms with E-state index < -0.39 is 0 Å². The highest BCUT2D eigenvalue weighted by Crippen LogP contribution is 2.47. The number of benzene rings is 1. The molecule has 0 atom stereocenters. The number of rotatable bonds is 0. The van der Waals surface area contributed by atoms with Crippen molar-refractivity contribution in [2.24, 2.45) is 0 Å². The first-order valence-corrected chi connectivity index (χ1v) is 6.01. The van der Waals surface area contributed by atoms with Gasteiger partial charge in [-0.3, -0.25) is 0 Å². The molecule has 1 aromatic heterocycles. The van der Waals surface area contributed by atoms with Crippen LogP contribution in [-0.2, 0) is 5.41 Å². The van der Waals surface area contributed by atoms with Crippen LogP contribution in [0.2, 0.25) is 0 Å². The van der Waals surface area contributed by atoms with E-state index in [0.29, 0.717) is 0 Å². The number of aromatic nitrogens is 2. The van der Waals surface area contributed by atoms with Crippen molar-refractivity contribution in [2.45, 2.75) is 19.3 Å². The maximum atomic E-state index is 4.43. The van der Waals surface area contributed by atoms with Crippen LogP contribution in [-0.4, -0.2) is 9.97 Å². The Kier molecular flexibility index (Phi) is 1.96. The Morgan fingerprint density at radius 2 is 2.00 bits per heavy atom. The van der Waals surface area contributed by atoms with Crippen LogP contribution in [0.5, 0.6) is 0 Å². The van der Waals surface area contributed by atoms with Gasteiger partial charge in [-0.25, -0.2) is 9.97 Å². The monoisotopic (exact) mass is 274 g/mol. The molecule has 0 amide bonds. The number of fused-ring (bicyclic) bond motifs is 3. The predicted octanol–water partition coefficient (Wildman–Crippen LogP) is 3.55. The maximum absolute atomic E-state index is 4.43. The number of hydrogen-bond acceptors (Lipinski definition) is 2. The van der Waals surface area contributed by atoms with Crippen molar-refractivity contribution in [3.63, 3.8) is 0 Å². The van der Waals surface area contributed by atoms with Gasteiger partial charge in [-0.05, 0) is 23.3 Å². The summed E-state index contributed by atoms with van der Waals surface area (Å²) in [4.78, 5) is 8.55. The molecule has 1 aromatic carbocycles. The number of halogens is 1. The topological polar surface area (TPSA) is 25.8 Å². The first-order chi connectivity index (χ1) is 7.60. The lowest BCUT2D eigenvalue weighted by molar-refractivity contribution is 0.634. The third-order valence-electron chi connectivity index (χ3n) is 3.25. The van der Waals surface area contributed by atoms with E-state index in [0.717, 1.165) is 15.7 Å². The average Bonchev–Trinajstić information content (AvgIpc) is 2.49. The van der Waals surface area contributed by atoms with Crippen LogP contribution in [0.4, 0.5) is 0 Å². The van der Waals surface area contributed by atoms with Gasteiger partial charge in [0.05, 0.1) is 5.69 Å². The number of hydrogen-bond donors (Lipinski definition) is 0. The lowest BCUT2D eigenvalue weighted by atomic mass is 9.85. The fourth-order valence-electron chi connectivity index (χ4n) is 2.42. The van der Waals surface area contributed by atoms with Crippen LogP contribution in [0.1, 0.15) is 25.1 Å². The smallest absolute Gasteiger partial charge is 0.115 e. The minimum absolute atomic E-state index is 0.0304. The van der Waals surface area contributed by atoms with E-state index >= 15 is 0 Å². The Bertz CT molecular complexity index is 576. The summed E-state index contributed by atoms with van der Waals surface area (Å²) in [5.74, 6) is 0. The van der Waals surface area contributed by atoms with Crippen LogP contribution >= 0.6 is 15.9 Å². The van der Waals surface area contributed by atoms with E-state index in [9.17, 15) is 0 Å². The van der Waals surface area contributed by atoms with Crippen LogP contribution < -0.4 is 0 Å². The van der Waals surface area contributed by atoms with E-state index in [2.05, 4.69) is 57.9 Å². The van der Waals surface area contributed by atoms with Crippen molar-refractivity contribution in [1.29, 1.82) is 0 Å². The molecule has 1 heterocycles. The van der Waals surface area contributed by atoms with Crippen LogP contribution in [0.3, 0.4) is 0 Å². The molecule has 2 aromatic rings. The van der Waals surface area contributed by atoms with Crippen LogP contribution in [0, 0.1) is 0 Å². The van der Waals surface area contributed by atoms with E-state index in [1.165, 1.54) is 11.1 Å². The first-order valence-electron chi connectivity index (χ1n) is 5.21. The molecular formula is C13H11BrN2. The van der Waals surface area contributed by atoms with Crippen molar-refractivity contribution < 1.29 is 0 Å². The molecule has 2 nitrogen and oxygen atoms in total. The summed E-state index contributed by atoms with van der Waals surface area (Å²) in [6.45, 7) is 4.41. The lowest BCUT2D eigenvalue weighted by Crippen LogP contribution is -2.16. The van der Waals surface area contributed by atoms with Crippen molar-refractivity contribution in [2.75, 3.05) is 0 Å². The molecule has 1 aliphatic carbocycles. The highest BCUT2D eigenvalue weighted by molar-refractivity contribution is 9.10. The van der Waals surface area contributed by atoms with Crippen LogP contribution in [0.25, 0.3) is 11.1 Å². The molecule has 1 aliphatic rings. The summed E-state index contributed by atoms with van der Waals surface area (Å²) in [6, 6.07) is 6.38. The maximum Gasteiger partial charge on any atom is 0.115 e. The van der Waals surface area contributed by atoms with Gasteiger partial charge >= 0.3 is 0 Å². The fraction of sp³-hybridized carbons (Fsp3) is 0.231. The summed E-state index contributed by atoms with van der Waals surface area (Å²) in [6.07, 6.45) is 3.53. The molecule has 0 spiro atoms. The highest BCUT2D eigenvalue weighted by Gasteiger charge is 2.36. The minimum atomic E-state index is -0.0304. The van der Waals surface area contributed by atoms with Gasteiger partial charge in [-0.15, -0.1) is 0 Å². The van der Waals surface area contributed by atoms with Crippen molar-refractivity contribution in [3.8, 4) is 11.1 Å². The highest BCUT2D eigenvalue weighted by atomic mass is 79.9. The molecule has 80 valence electrons. The molecule has 0 aliphatic heterocycles. The molecule has 0 fully saturated rings. The minimum Gasteiger partial charge on any atom is -0.244 e. The second-order valence-corrected chi connectivity index (χ2v) is 5.52. The number of nitrogens with zero attached hydrogens (tertiary/aromatic N) is 2. The van der Waals surface area contributed by atoms with Gasteiger partial charge in [0.25, 0.3) is 0 Å². The molecule has 0 saturated heterocycles. The zero-order valence-electron chi connectivity index (χ0n) is 9.16. The molecule has 0 bridgehead atoms. The van der Waals surface area contributed by atoms with E-state index in [-0.39, 0.29) is 5.41 Å². The molecule has 0 N–H and O–H groups in total. The van der Waals surface area contributed by atoms with E-state index in [1.54, 1.807) is 6.33 Å². The Labute approximate surface area is 103 Å². The second kappa shape index (κ2) is 3.14. The molecule has 0 radical (unpaired) electrons. The van der Waals surface area contributed by atoms with Crippen molar-refractivity contribution in [3.05, 3.63) is 46.5 Å². The second-order valence-electron chi connectivity index (χ2n) is 4.60. The molecular weight excluding hydrogens is 264 g/mol. The quantitative estimate of drug-likeness (QED) is 0.734. The molecule has 3 rings (SSSR count). The molecule has 16 heavy (non-hydrogen) atoms. The summed E-state index contributed by atoms with van der Waals surface area (Å²) < 4.78 is 1.11. The Hall–Kier alpha value is -1.22. The van der Waals surface area contributed by atoms with Gasteiger partial charge in [0.2, 0.25) is 0 Å². The largest absolute Gasteiger partial charge is 0.244 e. The summed E-state index contributed by atoms with van der Waals surface area (Å²) in [7, 11) is 0. The third-order valence-corrected chi connectivity index (χ3v) is 3.74. The first kappa shape index (κ1) is 9.97. The zero-order valence-corrected chi connectivity index (χ0v) is 10.7. The average molecular weight is 275 g/mol. The Morgan fingerprint density at radius 3 is 2.81 bits per heavy atom. The van der Waals surface area contributed by atoms with Gasteiger partial charge < -0.3 is 0 Å².